The molecule has 3 nitrogen and oxygen atoms in total. The number of carboxylic acid groups (broad SMARTS) is 1. The second kappa shape index (κ2) is 8.65. The van der Waals surface area contributed by atoms with E-state index in [1.165, 1.54) is 24.6 Å². The summed E-state index contributed by atoms with van der Waals surface area (Å²) in [5.74, 6) is -2.78. The van der Waals surface area contributed by atoms with Gasteiger partial charge in [-0.15, -0.1) is 11.8 Å². The van der Waals surface area contributed by atoms with Gasteiger partial charge in [0.25, 0.3) is 0 Å². The van der Waals surface area contributed by atoms with Crippen molar-refractivity contribution in [1.82, 2.24) is 4.98 Å². The first kappa shape index (κ1) is 19.5. The minimum atomic E-state index is -1.08. The van der Waals surface area contributed by atoms with Gasteiger partial charge in [-0.1, -0.05) is 25.5 Å². The number of benzene rings is 1. The number of aromatic nitrogens is 1. The van der Waals surface area contributed by atoms with Crippen molar-refractivity contribution in [2.24, 2.45) is 0 Å². The van der Waals surface area contributed by atoms with Gasteiger partial charge < -0.3 is 5.11 Å². The molecule has 1 aliphatic rings. The van der Waals surface area contributed by atoms with E-state index in [-0.39, 0.29) is 12.0 Å². The van der Waals surface area contributed by atoms with Crippen LogP contribution >= 0.6 is 11.8 Å². The fourth-order valence-corrected chi connectivity index (χ4v) is 4.37. The van der Waals surface area contributed by atoms with E-state index in [0.29, 0.717) is 10.8 Å². The highest BCUT2D eigenvalue weighted by atomic mass is 32.2. The lowest BCUT2D eigenvalue weighted by atomic mass is 9.94. The standard InChI is InChI=1S/C21H21F2NO2S/c1-13(5-2-9-19(25)26)20-17(22)11-14(12-18(20)23)16-8-4-10-24-21(16)27-15-6-3-7-15/h2,4,8-13,15H,3,5-7H2,1H3,(H,25,26)/b9-2+. The lowest BCUT2D eigenvalue weighted by Crippen LogP contribution is -2.13. The van der Waals surface area contributed by atoms with Crippen LogP contribution in [-0.4, -0.2) is 21.3 Å². The van der Waals surface area contributed by atoms with Crippen LogP contribution in [0.5, 0.6) is 0 Å². The maximum atomic E-state index is 14.7. The molecule has 1 saturated carbocycles. The molecule has 0 radical (unpaired) electrons. The summed E-state index contributed by atoms with van der Waals surface area (Å²) in [7, 11) is 0. The van der Waals surface area contributed by atoms with Gasteiger partial charge in [-0.05, 0) is 48.9 Å². The monoisotopic (exact) mass is 389 g/mol. The largest absolute Gasteiger partial charge is 0.478 e. The number of halogens is 2. The molecule has 1 unspecified atom stereocenters. The van der Waals surface area contributed by atoms with Crippen molar-refractivity contribution in [3.05, 3.63) is 59.8 Å². The van der Waals surface area contributed by atoms with Crippen molar-refractivity contribution in [3.63, 3.8) is 0 Å². The van der Waals surface area contributed by atoms with E-state index in [0.717, 1.165) is 29.5 Å². The maximum absolute atomic E-state index is 14.7. The smallest absolute Gasteiger partial charge is 0.327 e. The Bertz CT molecular complexity index is 842. The van der Waals surface area contributed by atoms with Gasteiger partial charge in [0.05, 0.1) is 0 Å². The molecule has 27 heavy (non-hydrogen) atoms. The molecule has 0 saturated heterocycles. The number of allylic oxidation sites excluding steroid dienone is 1. The summed E-state index contributed by atoms with van der Waals surface area (Å²) in [4.78, 5) is 14.9. The number of carbonyl (C=O) groups is 1. The molecule has 1 aromatic heterocycles. The Hall–Kier alpha value is -2.21. The van der Waals surface area contributed by atoms with Gasteiger partial charge in [0.2, 0.25) is 0 Å². The molecular formula is C21H21F2NO2S. The van der Waals surface area contributed by atoms with Crippen LogP contribution in [0.15, 0.2) is 47.6 Å². The van der Waals surface area contributed by atoms with E-state index in [4.69, 9.17) is 5.11 Å². The van der Waals surface area contributed by atoms with Gasteiger partial charge in [0, 0.05) is 28.6 Å². The number of thioether (sulfide) groups is 1. The summed E-state index contributed by atoms with van der Waals surface area (Å²) in [5.41, 5.74) is 1.18. The van der Waals surface area contributed by atoms with E-state index >= 15 is 0 Å². The first-order valence-corrected chi connectivity index (χ1v) is 9.84. The van der Waals surface area contributed by atoms with Crippen LogP contribution in [0.1, 0.15) is 44.1 Å². The molecule has 1 N–H and O–H groups in total. The second-order valence-electron chi connectivity index (χ2n) is 6.76. The zero-order valence-electron chi connectivity index (χ0n) is 15.0. The highest BCUT2D eigenvalue weighted by Gasteiger charge is 2.22. The summed E-state index contributed by atoms with van der Waals surface area (Å²) < 4.78 is 29.4. The van der Waals surface area contributed by atoms with E-state index < -0.39 is 23.5 Å². The average Bonchev–Trinajstić information content (AvgIpc) is 2.57. The zero-order valence-corrected chi connectivity index (χ0v) is 15.8. The van der Waals surface area contributed by atoms with Crippen molar-refractivity contribution in [2.45, 2.75) is 48.8 Å². The maximum Gasteiger partial charge on any atom is 0.327 e. The van der Waals surface area contributed by atoms with Crippen LogP contribution < -0.4 is 0 Å². The Kier molecular flexibility index (Phi) is 6.26. The number of carboxylic acids is 1. The van der Waals surface area contributed by atoms with Crippen LogP contribution in [0.25, 0.3) is 11.1 Å². The molecule has 0 amide bonds. The Morgan fingerprint density at radius 3 is 2.67 bits per heavy atom. The summed E-state index contributed by atoms with van der Waals surface area (Å²) in [5, 5.41) is 9.96. The van der Waals surface area contributed by atoms with Crippen molar-refractivity contribution >= 4 is 17.7 Å². The minimum absolute atomic E-state index is 0.0223. The number of nitrogens with zero attached hydrogens (tertiary/aromatic N) is 1. The van der Waals surface area contributed by atoms with Crippen molar-refractivity contribution in [3.8, 4) is 11.1 Å². The summed E-state index contributed by atoms with van der Waals surface area (Å²) in [6.45, 7) is 1.68. The van der Waals surface area contributed by atoms with Gasteiger partial charge in [0.1, 0.15) is 16.7 Å². The highest BCUT2D eigenvalue weighted by Crippen LogP contribution is 2.40. The molecule has 1 aliphatic carbocycles. The van der Waals surface area contributed by atoms with Crippen LogP contribution in [0, 0.1) is 11.6 Å². The molecule has 6 heteroatoms. The Morgan fingerprint density at radius 1 is 1.37 bits per heavy atom. The highest BCUT2D eigenvalue weighted by molar-refractivity contribution is 8.00. The minimum Gasteiger partial charge on any atom is -0.478 e. The lowest BCUT2D eigenvalue weighted by Gasteiger charge is -2.25. The van der Waals surface area contributed by atoms with Gasteiger partial charge >= 0.3 is 5.97 Å². The quantitative estimate of drug-likeness (QED) is 0.608. The molecule has 1 fully saturated rings. The number of rotatable bonds is 7. The predicted molar refractivity (Wildman–Crippen MR) is 103 cm³/mol. The molecule has 1 aromatic carbocycles. The third-order valence-corrected chi connectivity index (χ3v) is 6.09. The van der Waals surface area contributed by atoms with Gasteiger partial charge in [-0.2, -0.15) is 0 Å². The first-order valence-electron chi connectivity index (χ1n) is 8.96. The van der Waals surface area contributed by atoms with Crippen molar-refractivity contribution in [2.75, 3.05) is 0 Å². The number of hydrogen-bond acceptors (Lipinski definition) is 3. The fourth-order valence-electron chi connectivity index (χ4n) is 3.05. The molecule has 1 atom stereocenters. The van der Waals surface area contributed by atoms with Crippen LogP contribution in [0.2, 0.25) is 0 Å². The summed E-state index contributed by atoms with van der Waals surface area (Å²) >= 11 is 1.67. The number of hydrogen-bond donors (Lipinski definition) is 1. The zero-order chi connectivity index (χ0) is 19.4. The van der Waals surface area contributed by atoms with E-state index in [1.54, 1.807) is 30.9 Å². The molecule has 0 spiro atoms. The van der Waals surface area contributed by atoms with Crippen molar-refractivity contribution in [1.29, 1.82) is 0 Å². The number of pyridine rings is 1. The molecular weight excluding hydrogens is 368 g/mol. The van der Waals surface area contributed by atoms with Gasteiger partial charge in [-0.25, -0.2) is 18.6 Å². The van der Waals surface area contributed by atoms with Crippen LogP contribution in [0.3, 0.4) is 0 Å². The molecule has 1 heterocycles. The number of aliphatic carboxylic acids is 1. The first-order chi connectivity index (χ1) is 13.0. The molecule has 0 bridgehead atoms. The average molecular weight is 389 g/mol. The SMILES string of the molecule is CC(C/C=C/C(=O)O)c1c(F)cc(-c2cccnc2SC2CCC2)cc1F. The molecule has 142 valence electrons. The third-order valence-electron chi connectivity index (χ3n) is 4.73. The van der Waals surface area contributed by atoms with Gasteiger partial charge in [0.15, 0.2) is 0 Å². The molecule has 3 rings (SSSR count). The Labute approximate surface area is 161 Å². The summed E-state index contributed by atoms with van der Waals surface area (Å²) in [6.07, 6.45) is 7.84. The van der Waals surface area contributed by atoms with Crippen LogP contribution in [-0.2, 0) is 4.79 Å². The van der Waals surface area contributed by atoms with Crippen molar-refractivity contribution < 1.29 is 18.7 Å². The van der Waals surface area contributed by atoms with E-state index in [1.807, 2.05) is 6.07 Å². The topological polar surface area (TPSA) is 50.2 Å². The second-order valence-corrected chi connectivity index (χ2v) is 8.05. The third kappa shape index (κ3) is 4.75. The lowest BCUT2D eigenvalue weighted by molar-refractivity contribution is -0.131. The van der Waals surface area contributed by atoms with Gasteiger partial charge in [-0.3, -0.25) is 0 Å². The van der Waals surface area contributed by atoms with E-state index in [2.05, 4.69) is 4.98 Å². The van der Waals surface area contributed by atoms with Crippen LogP contribution in [0.4, 0.5) is 8.78 Å². The van der Waals surface area contributed by atoms with E-state index in [9.17, 15) is 13.6 Å². The summed E-state index contributed by atoms with van der Waals surface area (Å²) in [6, 6.07) is 6.29. The Morgan fingerprint density at radius 2 is 2.07 bits per heavy atom. The predicted octanol–water partition coefficient (Wildman–Crippen LogP) is 5.81. The molecule has 2 aromatic rings. The Balaban J connectivity index is 1.87. The normalized spacial score (nSPS) is 15.7. The fraction of sp³-hybridized carbons (Fsp3) is 0.333. The molecule has 0 aliphatic heterocycles.